The zero-order valence-corrected chi connectivity index (χ0v) is 13.6. The first-order valence-electron chi connectivity index (χ1n) is 6.91. The molecule has 0 saturated carbocycles. The number of aromatic nitrogens is 4. The minimum atomic E-state index is -0.0858. The highest BCUT2D eigenvalue weighted by Gasteiger charge is 2.14. The Morgan fingerprint density at radius 2 is 2.19 bits per heavy atom. The fourth-order valence-electron chi connectivity index (χ4n) is 1.87. The molecule has 0 bridgehead atoms. The number of carbonyl (C=O) groups is 1. The summed E-state index contributed by atoms with van der Waals surface area (Å²) in [6, 6.07) is 1.85. The maximum atomic E-state index is 12.1. The molecule has 114 valence electrons. The van der Waals surface area contributed by atoms with Gasteiger partial charge in [-0.1, -0.05) is 25.6 Å². The van der Waals surface area contributed by atoms with Crippen molar-refractivity contribution in [1.29, 1.82) is 0 Å². The van der Waals surface area contributed by atoms with Crippen molar-refractivity contribution in [3.63, 3.8) is 0 Å². The second-order valence-corrected chi connectivity index (χ2v) is 6.22. The smallest absolute Gasteiger partial charge is 0.269 e. The first kappa shape index (κ1) is 15.6. The van der Waals surface area contributed by atoms with Crippen LogP contribution in [0.1, 0.15) is 35.9 Å². The van der Waals surface area contributed by atoms with Gasteiger partial charge in [0.25, 0.3) is 5.91 Å². The molecule has 0 aliphatic carbocycles. The van der Waals surface area contributed by atoms with Crippen LogP contribution in [0.5, 0.6) is 0 Å². The highest BCUT2D eigenvalue weighted by molar-refractivity contribution is 7.99. The molecule has 0 aromatic carbocycles. The summed E-state index contributed by atoms with van der Waals surface area (Å²) >= 11 is 1.62. The normalized spacial score (nSPS) is 11.1. The van der Waals surface area contributed by atoms with E-state index in [9.17, 15) is 4.79 Å². The maximum Gasteiger partial charge on any atom is 0.269 e. The molecule has 0 aliphatic heterocycles. The van der Waals surface area contributed by atoms with Crippen LogP contribution in [0.3, 0.4) is 0 Å². The molecule has 7 heteroatoms. The molecule has 0 spiro atoms. The first-order valence-corrected chi connectivity index (χ1v) is 7.90. The highest BCUT2D eigenvalue weighted by Crippen LogP contribution is 2.14. The number of thioether (sulfide) groups is 1. The summed E-state index contributed by atoms with van der Waals surface area (Å²) in [5, 5.41) is 8.22. The third-order valence-corrected chi connectivity index (χ3v) is 4.18. The van der Waals surface area contributed by atoms with Gasteiger partial charge in [0, 0.05) is 38.8 Å². The number of nitrogens with one attached hydrogen (secondary N) is 1. The summed E-state index contributed by atoms with van der Waals surface area (Å²) in [4.78, 5) is 16.4. The molecule has 0 aliphatic rings. The Morgan fingerprint density at radius 1 is 1.43 bits per heavy atom. The lowest BCUT2D eigenvalue weighted by Gasteiger charge is -2.05. The van der Waals surface area contributed by atoms with E-state index in [2.05, 4.69) is 29.2 Å². The van der Waals surface area contributed by atoms with E-state index in [-0.39, 0.29) is 5.91 Å². The number of nitrogens with zero attached hydrogens (tertiary/aromatic N) is 4. The van der Waals surface area contributed by atoms with Crippen LogP contribution in [0.15, 0.2) is 23.6 Å². The van der Waals surface area contributed by atoms with Crippen LogP contribution in [0.4, 0.5) is 0 Å². The van der Waals surface area contributed by atoms with Crippen LogP contribution in [-0.2, 0) is 14.1 Å². The standard InChI is InChI=1S/C14H21N5OS/c1-10(2)11-9-12(19(4)17-11)13(20)15-6-8-21-14-16-5-7-18(14)3/h5,7,9-10H,6,8H2,1-4H3,(H,15,20). The Labute approximate surface area is 128 Å². The predicted molar refractivity (Wildman–Crippen MR) is 83.6 cm³/mol. The molecule has 1 amide bonds. The second-order valence-electron chi connectivity index (χ2n) is 5.16. The van der Waals surface area contributed by atoms with Crippen molar-refractivity contribution in [2.24, 2.45) is 14.1 Å². The molecule has 6 nitrogen and oxygen atoms in total. The Bertz CT molecular complexity index is 617. The average Bonchev–Trinajstić information content (AvgIpc) is 3.01. The number of amides is 1. The van der Waals surface area contributed by atoms with Gasteiger partial charge in [-0.15, -0.1) is 0 Å². The van der Waals surface area contributed by atoms with Gasteiger partial charge in [0.1, 0.15) is 5.69 Å². The first-order chi connectivity index (χ1) is 9.99. The van der Waals surface area contributed by atoms with Gasteiger partial charge in [-0.2, -0.15) is 5.10 Å². The topological polar surface area (TPSA) is 64.7 Å². The molecule has 2 aromatic heterocycles. The van der Waals surface area contributed by atoms with Gasteiger partial charge in [-0.25, -0.2) is 4.98 Å². The summed E-state index contributed by atoms with van der Waals surface area (Å²) in [6.45, 7) is 4.72. The molecular formula is C14H21N5OS. The molecule has 2 aromatic rings. The Morgan fingerprint density at radius 3 is 2.76 bits per heavy atom. The average molecular weight is 307 g/mol. The molecule has 2 heterocycles. The second kappa shape index (κ2) is 6.80. The number of imidazole rings is 1. The zero-order chi connectivity index (χ0) is 15.4. The zero-order valence-electron chi connectivity index (χ0n) is 12.8. The molecular weight excluding hydrogens is 286 g/mol. The molecule has 0 saturated heterocycles. The number of hydrogen-bond acceptors (Lipinski definition) is 4. The molecule has 0 unspecified atom stereocenters. The number of aryl methyl sites for hydroxylation is 2. The van der Waals surface area contributed by atoms with Gasteiger partial charge in [-0.3, -0.25) is 9.48 Å². The van der Waals surface area contributed by atoms with Crippen LogP contribution in [0, 0.1) is 0 Å². The molecule has 21 heavy (non-hydrogen) atoms. The fourth-order valence-corrected chi connectivity index (χ4v) is 2.66. The highest BCUT2D eigenvalue weighted by atomic mass is 32.2. The van der Waals surface area contributed by atoms with E-state index in [1.807, 2.05) is 23.9 Å². The maximum absolute atomic E-state index is 12.1. The molecule has 1 N–H and O–H groups in total. The summed E-state index contributed by atoms with van der Waals surface area (Å²) in [5.41, 5.74) is 1.53. The summed E-state index contributed by atoms with van der Waals surface area (Å²) in [5.74, 6) is 1.01. The molecule has 2 rings (SSSR count). The summed E-state index contributed by atoms with van der Waals surface area (Å²) in [6.07, 6.45) is 3.67. The van der Waals surface area contributed by atoms with E-state index in [4.69, 9.17) is 0 Å². The van der Waals surface area contributed by atoms with E-state index in [1.165, 1.54) is 0 Å². The van der Waals surface area contributed by atoms with Crippen LogP contribution in [-0.4, -0.2) is 37.5 Å². The molecule has 0 fully saturated rings. The third kappa shape index (κ3) is 3.87. The van der Waals surface area contributed by atoms with Crippen molar-refractivity contribution in [3.8, 4) is 0 Å². The van der Waals surface area contributed by atoms with Gasteiger partial charge in [0.15, 0.2) is 5.16 Å². The molecule has 0 radical (unpaired) electrons. The van der Waals surface area contributed by atoms with Crippen molar-refractivity contribution in [3.05, 3.63) is 29.8 Å². The van der Waals surface area contributed by atoms with Gasteiger partial charge < -0.3 is 9.88 Å². The lowest BCUT2D eigenvalue weighted by Crippen LogP contribution is -2.27. The van der Waals surface area contributed by atoms with Crippen molar-refractivity contribution in [1.82, 2.24) is 24.6 Å². The Hall–Kier alpha value is -1.76. The van der Waals surface area contributed by atoms with Crippen LogP contribution in [0.25, 0.3) is 0 Å². The van der Waals surface area contributed by atoms with Gasteiger partial charge in [0.05, 0.1) is 5.69 Å². The van der Waals surface area contributed by atoms with E-state index >= 15 is 0 Å². The van der Waals surface area contributed by atoms with E-state index in [0.717, 1.165) is 16.6 Å². The summed E-state index contributed by atoms with van der Waals surface area (Å²) in [7, 11) is 3.75. The number of hydrogen-bond donors (Lipinski definition) is 1. The van der Waals surface area contributed by atoms with E-state index in [0.29, 0.717) is 18.2 Å². The van der Waals surface area contributed by atoms with Gasteiger partial charge in [0.2, 0.25) is 0 Å². The predicted octanol–water partition coefficient (Wildman–Crippen LogP) is 1.80. The monoisotopic (exact) mass is 307 g/mol. The van der Waals surface area contributed by atoms with E-state index < -0.39 is 0 Å². The minimum absolute atomic E-state index is 0.0858. The van der Waals surface area contributed by atoms with Crippen LogP contribution < -0.4 is 5.32 Å². The van der Waals surface area contributed by atoms with Crippen molar-refractivity contribution in [2.45, 2.75) is 24.9 Å². The lowest BCUT2D eigenvalue weighted by atomic mass is 10.1. The minimum Gasteiger partial charge on any atom is -0.350 e. The lowest BCUT2D eigenvalue weighted by molar-refractivity contribution is 0.0947. The van der Waals surface area contributed by atoms with Crippen molar-refractivity contribution >= 4 is 17.7 Å². The SMILES string of the molecule is CC(C)c1cc(C(=O)NCCSc2nccn2C)n(C)n1. The number of rotatable bonds is 6. The van der Waals surface area contributed by atoms with Crippen LogP contribution >= 0.6 is 11.8 Å². The van der Waals surface area contributed by atoms with Gasteiger partial charge in [-0.05, 0) is 12.0 Å². The van der Waals surface area contributed by atoms with Crippen molar-refractivity contribution < 1.29 is 4.79 Å². The van der Waals surface area contributed by atoms with Crippen LogP contribution in [0.2, 0.25) is 0 Å². The fraction of sp³-hybridized carbons (Fsp3) is 0.500. The molecule has 0 atom stereocenters. The van der Waals surface area contributed by atoms with Crippen molar-refractivity contribution in [2.75, 3.05) is 12.3 Å². The van der Waals surface area contributed by atoms with E-state index in [1.54, 1.807) is 29.7 Å². The third-order valence-electron chi connectivity index (χ3n) is 3.12. The Kier molecular flexibility index (Phi) is 5.06. The quantitative estimate of drug-likeness (QED) is 0.653. The Balaban J connectivity index is 1.83. The largest absolute Gasteiger partial charge is 0.350 e. The summed E-state index contributed by atoms with van der Waals surface area (Å²) < 4.78 is 3.60. The van der Waals surface area contributed by atoms with Gasteiger partial charge >= 0.3 is 0 Å². The number of carbonyl (C=O) groups excluding carboxylic acids is 1.